The fraction of sp³-hybridized carbons (Fsp3) is 0.400. The predicted octanol–water partition coefficient (Wildman–Crippen LogP) is 1.01. The van der Waals surface area contributed by atoms with Crippen molar-refractivity contribution in [3.8, 4) is 0 Å². The van der Waals surface area contributed by atoms with Crippen LogP contribution >= 0.6 is 0 Å². The molecule has 0 fully saturated rings. The molecule has 1 aromatic heterocycles. The van der Waals surface area contributed by atoms with Crippen LogP contribution < -0.4 is 10.6 Å². The molecule has 2 N–H and O–H groups in total. The van der Waals surface area contributed by atoms with Gasteiger partial charge in [-0.3, -0.25) is 14.9 Å². The van der Waals surface area contributed by atoms with Crippen molar-refractivity contribution in [1.82, 2.24) is 4.98 Å². The van der Waals surface area contributed by atoms with E-state index in [-0.39, 0.29) is 18.1 Å². The molecule has 0 aliphatic rings. The van der Waals surface area contributed by atoms with E-state index in [2.05, 4.69) is 20.4 Å². The van der Waals surface area contributed by atoms with E-state index in [1.807, 2.05) is 6.92 Å². The van der Waals surface area contributed by atoms with Crippen LogP contribution in [0.1, 0.15) is 6.92 Å². The average Bonchev–Trinajstić information content (AvgIpc) is 2.36. The molecule has 8 nitrogen and oxygen atoms in total. The van der Waals surface area contributed by atoms with Crippen LogP contribution in [0.4, 0.5) is 17.3 Å². The van der Waals surface area contributed by atoms with Gasteiger partial charge in [0, 0.05) is 6.54 Å². The molecule has 1 rings (SSSR count). The number of carbonyl (C=O) groups is 1. The van der Waals surface area contributed by atoms with Crippen molar-refractivity contribution >= 4 is 23.3 Å². The summed E-state index contributed by atoms with van der Waals surface area (Å²) in [5.74, 6) is 0.137. The second-order valence-corrected chi connectivity index (χ2v) is 3.31. The molecular weight excluding hydrogens is 240 g/mol. The highest BCUT2D eigenvalue weighted by Crippen LogP contribution is 2.20. The quantitative estimate of drug-likeness (QED) is 0.443. The topological polar surface area (TPSA) is 106 Å². The van der Waals surface area contributed by atoms with Gasteiger partial charge >= 0.3 is 5.97 Å². The van der Waals surface area contributed by atoms with Crippen molar-refractivity contribution in [3.05, 3.63) is 22.2 Å². The molecule has 8 heteroatoms. The molecule has 0 aromatic carbocycles. The molecule has 0 atom stereocenters. The highest BCUT2D eigenvalue weighted by molar-refractivity contribution is 5.74. The van der Waals surface area contributed by atoms with Crippen LogP contribution in [0.3, 0.4) is 0 Å². The molecule has 98 valence electrons. The lowest BCUT2D eigenvalue weighted by Crippen LogP contribution is -2.16. The maximum absolute atomic E-state index is 11.0. The number of hydrogen-bond donors (Lipinski definition) is 2. The Morgan fingerprint density at radius 2 is 2.06 bits per heavy atom. The maximum Gasteiger partial charge on any atom is 0.325 e. The molecule has 0 saturated heterocycles. The largest absolute Gasteiger partial charge is 0.468 e. The zero-order valence-corrected chi connectivity index (χ0v) is 10.1. The summed E-state index contributed by atoms with van der Waals surface area (Å²) in [6, 6.07) is 2.58. The molecule has 1 aromatic rings. The number of nitrogens with zero attached hydrogens (tertiary/aromatic N) is 2. The molecule has 0 aliphatic carbocycles. The van der Waals surface area contributed by atoms with E-state index in [0.29, 0.717) is 12.4 Å². The third kappa shape index (κ3) is 3.89. The Labute approximate surface area is 104 Å². The van der Waals surface area contributed by atoms with E-state index in [1.165, 1.54) is 19.2 Å². The third-order valence-electron chi connectivity index (χ3n) is 2.02. The summed E-state index contributed by atoms with van der Waals surface area (Å²) in [6.07, 6.45) is 0. The van der Waals surface area contributed by atoms with E-state index in [0.717, 1.165) is 0 Å². The number of carbonyl (C=O) groups excluding carboxylic acids is 1. The first-order valence-corrected chi connectivity index (χ1v) is 5.27. The van der Waals surface area contributed by atoms with Gasteiger partial charge < -0.3 is 15.4 Å². The van der Waals surface area contributed by atoms with Gasteiger partial charge in [0.2, 0.25) is 0 Å². The Bertz CT molecular complexity index is 450. The van der Waals surface area contributed by atoms with Crippen LogP contribution in [0.25, 0.3) is 0 Å². The third-order valence-corrected chi connectivity index (χ3v) is 2.02. The van der Waals surface area contributed by atoms with Crippen molar-refractivity contribution in [2.45, 2.75) is 6.92 Å². The van der Waals surface area contributed by atoms with E-state index < -0.39 is 10.9 Å². The average molecular weight is 254 g/mol. The summed E-state index contributed by atoms with van der Waals surface area (Å²) in [4.78, 5) is 25.2. The molecule has 0 unspecified atom stereocenters. The fourth-order valence-corrected chi connectivity index (χ4v) is 1.22. The number of rotatable bonds is 6. The number of anilines is 2. The van der Waals surface area contributed by atoms with Crippen LogP contribution in [0.2, 0.25) is 0 Å². The molecule has 0 bridgehead atoms. The van der Waals surface area contributed by atoms with Crippen LogP contribution in [-0.4, -0.2) is 36.1 Å². The second kappa shape index (κ2) is 6.38. The number of pyridine rings is 1. The summed E-state index contributed by atoms with van der Waals surface area (Å²) in [5, 5.41) is 16.3. The number of esters is 1. The minimum Gasteiger partial charge on any atom is -0.468 e. The SMILES string of the molecule is CCNc1cc([N+](=O)[O-])cc(NCC(=O)OC)n1. The van der Waals surface area contributed by atoms with Gasteiger partial charge in [-0.25, -0.2) is 4.98 Å². The minimum atomic E-state index is -0.522. The molecule has 0 aliphatic heterocycles. The molecule has 0 radical (unpaired) electrons. The smallest absolute Gasteiger partial charge is 0.325 e. The Kier molecular flexibility index (Phi) is 4.85. The second-order valence-electron chi connectivity index (χ2n) is 3.31. The van der Waals surface area contributed by atoms with Gasteiger partial charge in [-0.1, -0.05) is 0 Å². The Morgan fingerprint density at radius 1 is 1.44 bits per heavy atom. The molecule has 1 heterocycles. The highest BCUT2D eigenvalue weighted by Gasteiger charge is 2.11. The van der Waals surface area contributed by atoms with Crippen molar-refractivity contribution in [1.29, 1.82) is 0 Å². The number of hydrogen-bond acceptors (Lipinski definition) is 7. The highest BCUT2D eigenvalue weighted by atomic mass is 16.6. The molecule has 18 heavy (non-hydrogen) atoms. The van der Waals surface area contributed by atoms with Crippen LogP contribution in [0.5, 0.6) is 0 Å². The first-order chi connectivity index (χ1) is 8.56. The standard InChI is InChI=1S/C10H14N4O4/c1-3-11-8-4-7(14(16)17)5-9(13-8)12-6-10(15)18-2/h4-5H,3,6H2,1-2H3,(H2,11,12,13). The van der Waals surface area contributed by atoms with E-state index in [1.54, 1.807) is 0 Å². The zero-order valence-electron chi connectivity index (χ0n) is 10.1. The first-order valence-electron chi connectivity index (χ1n) is 5.27. The summed E-state index contributed by atoms with van der Waals surface area (Å²) < 4.78 is 4.45. The maximum atomic E-state index is 11.0. The molecule has 0 saturated carbocycles. The fourth-order valence-electron chi connectivity index (χ4n) is 1.22. The van der Waals surface area contributed by atoms with Crippen molar-refractivity contribution in [2.75, 3.05) is 30.8 Å². The number of aromatic nitrogens is 1. The number of ether oxygens (including phenoxy) is 1. The van der Waals surface area contributed by atoms with Gasteiger partial charge in [-0.05, 0) is 6.92 Å². The predicted molar refractivity (Wildman–Crippen MR) is 65.6 cm³/mol. The van der Waals surface area contributed by atoms with Crippen LogP contribution in [-0.2, 0) is 9.53 Å². The summed E-state index contributed by atoms with van der Waals surface area (Å²) >= 11 is 0. The van der Waals surface area contributed by atoms with Gasteiger partial charge in [0.05, 0.1) is 24.2 Å². The van der Waals surface area contributed by atoms with Gasteiger partial charge in [0.15, 0.2) is 0 Å². The Balaban J connectivity index is 2.88. The lowest BCUT2D eigenvalue weighted by molar-refractivity contribution is -0.384. The Morgan fingerprint density at radius 3 is 2.56 bits per heavy atom. The van der Waals surface area contributed by atoms with Crippen molar-refractivity contribution in [3.63, 3.8) is 0 Å². The van der Waals surface area contributed by atoms with Crippen molar-refractivity contribution < 1.29 is 14.5 Å². The zero-order chi connectivity index (χ0) is 13.5. The number of methoxy groups -OCH3 is 1. The minimum absolute atomic E-state index is 0.101. The summed E-state index contributed by atoms with van der Waals surface area (Å²) in [5.41, 5.74) is -0.103. The summed E-state index contributed by atoms with van der Waals surface area (Å²) in [6.45, 7) is 2.34. The van der Waals surface area contributed by atoms with Crippen LogP contribution in [0.15, 0.2) is 12.1 Å². The first kappa shape index (κ1) is 13.7. The number of nitrogens with one attached hydrogen (secondary N) is 2. The van der Waals surface area contributed by atoms with Crippen molar-refractivity contribution in [2.24, 2.45) is 0 Å². The van der Waals surface area contributed by atoms with Gasteiger partial charge in [-0.15, -0.1) is 0 Å². The van der Waals surface area contributed by atoms with Crippen LogP contribution in [0, 0.1) is 10.1 Å². The normalized spacial score (nSPS) is 9.67. The van der Waals surface area contributed by atoms with Gasteiger partial charge in [0.1, 0.15) is 18.2 Å². The lowest BCUT2D eigenvalue weighted by atomic mass is 10.3. The molecule has 0 spiro atoms. The van der Waals surface area contributed by atoms with E-state index >= 15 is 0 Å². The molecular formula is C10H14N4O4. The lowest BCUT2D eigenvalue weighted by Gasteiger charge is -2.07. The number of nitro groups is 1. The monoisotopic (exact) mass is 254 g/mol. The molecule has 0 amide bonds. The van der Waals surface area contributed by atoms with E-state index in [4.69, 9.17) is 0 Å². The summed E-state index contributed by atoms with van der Waals surface area (Å²) in [7, 11) is 1.26. The van der Waals surface area contributed by atoms with Gasteiger partial charge in [0.25, 0.3) is 5.69 Å². The van der Waals surface area contributed by atoms with E-state index in [9.17, 15) is 14.9 Å². The Hall–Kier alpha value is -2.38. The van der Waals surface area contributed by atoms with Gasteiger partial charge in [-0.2, -0.15) is 0 Å².